The number of hydrogen-bond donors (Lipinski definition) is 2. The number of carbonyl (C=O) groups excluding carboxylic acids is 1. The molecule has 1 saturated carbocycles. The van der Waals surface area contributed by atoms with Crippen LogP contribution in [0.1, 0.15) is 44.1 Å². The molecule has 0 spiro atoms. The summed E-state index contributed by atoms with van der Waals surface area (Å²) in [5.41, 5.74) is 3.90. The quantitative estimate of drug-likeness (QED) is 0.621. The Morgan fingerprint density at radius 2 is 1.60 bits per heavy atom. The smallest absolute Gasteiger partial charge is 0.315 e. The van der Waals surface area contributed by atoms with Crippen molar-refractivity contribution >= 4 is 17.8 Å². The van der Waals surface area contributed by atoms with Gasteiger partial charge in [-0.3, -0.25) is 4.90 Å². The SMILES string of the molecule is CSc1ccc(-c2cccc(CN3CCC(NC(=O)NC4CCCC4)CC3)c2)cc1. The van der Waals surface area contributed by atoms with Gasteiger partial charge in [-0.2, -0.15) is 0 Å². The van der Waals surface area contributed by atoms with E-state index in [4.69, 9.17) is 0 Å². The molecule has 0 radical (unpaired) electrons. The summed E-state index contributed by atoms with van der Waals surface area (Å²) in [6.07, 6.45) is 8.90. The zero-order valence-electron chi connectivity index (χ0n) is 17.9. The van der Waals surface area contributed by atoms with Gasteiger partial charge in [0, 0.05) is 36.6 Å². The topological polar surface area (TPSA) is 44.4 Å². The van der Waals surface area contributed by atoms with Crippen LogP contribution < -0.4 is 10.6 Å². The summed E-state index contributed by atoms with van der Waals surface area (Å²) in [4.78, 5) is 16.0. The van der Waals surface area contributed by atoms with Crippen molar-refractivity contribution in [3.8, 4) is 11.1 Å². The molecule has 1 aliphatic carbocycles. The first kappa shape index (κ1) is 21.3. The highest BCUT2D eigenvalue weighted by Gasteiger charge is 2.23. The van der Waals surface area contributed by atoms with Crippen molar-refractivity contribution in [2.75, 3.05) is 19.3 Å². The number of thioether (sulfide) groups is 1. The van der Waals surface area contributed by atoms with E-state index in [9.17, 15) is 4.79 Å². The lowest BCUT2D eigenvalue weighted by Crippen LogP contribution is -2.49. The van der Waals surface area contributed by atoms with E-state index in [1.807, 2.05) is 0 Å². The minimum atomic E-state index is 0.0283. The molecular weight excluding hydrogens is 390 g/mol. The van der Waals surface area contributed by atoms with Gasteiger partial charge in [0.15, 0.2) is 0 Å². The Hall–Kier alpha value is -1.98. The van der Waals surface area contributed by atoms with Crippen molar-refractivity contribution < 1.29 is 4.79 Å². The minimum Gasteiger partial charge on any atom is -0.335 e. The number of benzene rings is 2. The number of likely N-dealkylation sites (tertiary alicyclic amines) is 1. The molecule has 4 rings (SSSR count). The van der Waals surface area contributed by atoms with Gasteiger partial charge in [0.05, 0.1) is 0 Å². The second kappa shape index (κ2) is 10.4. The van der Waals surface area contributed by atoms with E-state index in [0.29, 0.717) is 12.1 Å². The Labute approximate surface area is 184 Å². The van der Waals surface area contributed by atoms with Crippen LogP contribution >= 0.6 is 11.8 Å². The van der Waals surface area contributed by atoms with Crippen molar-refractivity contribution in [1.29, 1.82) is 0 Å². The lowest BCUT2D eigenvalue weighted by Gasteiger charge is -2.32. The van der Waals surface area contributed by atoms with Crippen molar-refractivity contribution in [2.24, 2.45) is 0 Å². The third-order valence-electron chi connectivity index (χ3n) is 6.37. The molecule has 2 aromatic carbocycles. The van der Waals surface area contributed by atoms with Crippen molar-refractivity contribution in [2.45, 2.75) is 62.0 Å². The number of carbonyl (C=O) groups is 1. The van der Waals surface area contributed by atoms with Crippen LogP contribution in [-0.4, -0.2) is 42.4 Å². The number of urea groups is 1. The Morgan fingerprint density at radius 3 is 2.27 bits per heavy atom. The molecule has 2 amide bonds. The molecular formula is C25H33N3OS. The predicted octanol–water partition coefficient (Wildman–Crippen LogP) is 5.28. The van der Waals surface area contributed by atoms with E-state index in [1.54, 1.807) is 11.8 Å². The van der Waals surface area contributed by atoms with Gasteiger partial charge in [-0.15, -0.1) is 11.8 Å². The van der Waals surface area contributed by atoms with Gasteiger partial charge in [0.2, 0.25) is 0 Å². The van der Waals surface area contributed by atoms with E-state index >= 15 is 0 Å². The van der Waals surface area contributed by atoms with Gasteiger partial charge in [-0.1, -0.05) is 43.2 Å². The Bertz CT molecular complexity index is 825. The zero-order valence-corrected chi connectivity index (χ0v) is 18.7. The maximum Gasteiger partial charge on any atom is 0.315 e. The highest BCUT2D eigenvalue weighted by atomic mass is 32.2. The Kier molecular flexibility index (Phi) is 7.34. The Balaban J connectivity index is 1.26. The number of rotatable bonds is 6. The molecule has 0 bridgehead atoms. The summed E-state index contributed by atoms with van der Waals surface area (Å²) in [5, 5.41) is 6.33. The molecule has 2 aromatic rings. The first-order valence-corrected chi connectivity index (χ1v) is 12.4. The van der Waals surface area contributed by atoms with Crippen LogP contribution in [0.2, 0.25) is 0 Å². The fraction of sp³-hybridized carbons (Fsp3) is 0.480. The van der Waals surface area contributed by atoms with Gasteiger partial charge in [0.25, 0.3) is 0 Å². The van der Waals surface area contributed by atoms with Crippen LogP contribution in [0.5, 0.6) is 0 Å². The normalized spacial score (nSPS) is 18.4. The highest BCUT2D eigenvalue weighted by molar-refractivity contribution is 7.98. The first-order chi connectivity index (χ1) is 14.7. The van der Waals surface area contributed by atoms with Crippen LogP contribution in [0.15, 0.2) is 53.4 Å². The van der Waals surface area contributed by atoms with E-state index in [2.05, 4.69) is 70.3 Å². The van der Waals surface area contributed by atoms with Crippen molar-refractivity contribution in [3.05, 3.63) is 54.1 Å². The predicted molar refractivity (Wildman–Crippen MR) is 126 cm³/mol. The molecule has 0 aromatic heterocycles. The van der Waals surface area contributed by atoms with Crippen LogP contribution in [0, 0.1) is 0 Å². The average Bonchev–Trinajstić information content (AvgIpc) is 3.28. The summed E-state index contributed by atoms with van der Waals surface area (Å²) in [6.45, 7) is 3.03. The van der Waals surface area contributed by atoms with Crippen molar-refractivity contribution in [3.63, 3.8) is 0 Å². The number of hydrogen-bond acceptors (Lipinski definition) is 3. The standard InChI is InChI=1S/C25H33N3OS/c1-30-24-11-9-20(10-12-24)21-6-4-5-19(17-21)18-28-15-13-23(14-16-28)27-25(29)26-22-7-2-3-8-22/h4-6,9-12,17,22-23H,2-3,7-8,13-16,18H2,1H3,(H2,26,27,29). The molecule has 0 unspecified atom stereocenters. The second-order valence-corrected chi connectivity index (χ2v) is 9.46. The lowest BCUT2D eigenvalue weighted by atomic mass is 10.0. The molecule has 2 N–H and O–H groups in total. The molecule has 5 heteroatoms. The van der Waals surface area contributed by atoms with E-state index in [0.717, 1.165) is 45.3 Å². The highest BCUT2D eigenvalue weighted by Crippen LogP contribution is 2.25. The van der Waals surface area contributed by atoms with Crippen molar-refractivity contribution in [1.82, 2.24) is 15.5 Å². The van der Waals surface area contributed by atoms with Crippen LogP contribution in [-0.2, 0) is 6.54 Å². The van der Waals surface area contributed by atoms with Gasteiger partial charge in [-0.05, 0) is 66.8 Å². The van der Waals surface area contributed by atoms with Crippen LogP contribution in [0.25, 0.3) is 11.1 Å². The van der Waals surface area contributed by atoms with E-state index in [1.165, 1.54) is 34.4 Å². The van der Waals surface area contributed by atoms with Crippen LogP contribution in [0.4, 0.5) is 4.79 Å². The van der Waals surface area contributed by atoms with Gasteiger partial charge < -0.3 is 10.6 Å². The molecule has 2 fully saturated rings. The summed E-state index contributed by atoms with van der Waals surface area (Å²) >= 11 is 1.77. The fourth-order valence-electron chi connectivity index (χ4n) is 4.61. The first-order valence-electron chi connectivity index (χ1n) is 11.2. The summed E-state index contributed by atoms with van der Waals surface area (Å²) in [7, 11) is 0. The molecule has 0 atom stereocenters. The summed E-state index contributed by atoms with van der Waals surface area (Å²) < 4.78 is 0. The van der Waals surface area contributed by atoms with Gasteiger partial charge in [-0.25, -0.2) is 4.79 Å². The lowest BCUT2D eigenvalue weighted by molar-refractivity contribution is 0.185. The van der Waals surface area contributed by atoms with Crippen LogP contribution in [0.3, 0.4) is 0 Å². The molecule has 1 saturated heterocycles. The maximum atomic E-state index is 12.2. The third-order valence-corrected chi connectivity index (χ3v) is 7.11. The number of nitrogens with zero attached hydrogens (tertiary/aromatic N) is 1. The fourth-order valence-corrected chi connectivity index (χ4v) is 5.02. The molecule has 160 valence electrons. The average molecular weight is 424 g/mol. The number of nitrogens with one attached hydrogen (secondary N) is 2. The number of amides is 2. The Morgan fingerprint density at radius 1 is 0.933 bits per heavy atom. The summed E-state index contributed by atoms with van der Waals surface area (Å²) in [5.74, 6) is 0. The number of piperidine rings is 1. The van der Waals surface area contributed by atoms with E-state index in [-0.39, 0.29) is 6.03 Å². The minimum absolute atomic E-state index is 0.0283. The molecule has 30 heavy (non-hydrogen) atoms. The van der Waals surface area contributed by atoms with Gasteiger partial charge >= 0.3 is 6.03 Å². The molecule has 4 nitrogen and oxygen atoms in total. The van der Waals surface area contributed by atoms with Gasteiger partial charge in [0.1, 0.15) is 0 Å². The monoisotopic (exact) mass is 423 g/mol. The zero-order chi connectivity index (χ0) is 20.8. The largest absolute Gasteiger partial charge is 0.335 e. The molecule has 1 aliphatic heterocycles. The second-order valence-electron chi connectivity index (χ2n) is 8.58. The third kappa shape index (κ3) is 5.79. The summed E-state index contributed by atoms with van der Waals surface area (Å²) in [6, 6.07) is 18.4. The van der Waals surface area contributed by atoms with E-state index < -0.39 is 0 Å². The maximum absolute atomic E-state index is 12.2. The molecule has 1 heterocycles. The molecule has 2 aliphatic rings.